The van der Waals surface area contributed by atoms with Crippen LogP contribution in [0.2, 0.25) is 0 Å². The average Bonchev–Trinajstić information content (AvgIpc) is 2.80. The van der Waals surface area contributed by atoms with Gasteiger partial charge in [-0.2, -0.15) is 4.98 Å². The number of anilines is 4. The van der Waals surface area contributed by atoms with Gasteiger partial charge in [-0.25, -0.2) is 4.98 Å². The van der Waals surface area contributed by atoms with Crippen LogP contribution in [0.3, 0.4) is 0 Å². The lowest BCUT2D eigenvalue weighted by molar-refractivity contribution is -0.116. The number of carbonyl (C=O) groups excluding carboxylic acids is 1. The maximum Gasteiger partial charge on any atom is 0.229 e. The van der Waals surface area contributed by atoms with E-state index in [1.165, 1.54) is 32.1 Å². The van der Waals surface area contributed by atoms with E-state index in [0.717, 1.165) is 61.5 Å². The van der Waals surface area contributed by atoms with Crippen LogP contribution in [0, 0.1) is 12.8 Å². The Labute approximate surface area is 184 Å². The highest BCUT2D eigenvalue weighted by Crippen LogP contribution is 2.27. The van der Waals surface area contributed by atoms with Crippen LogP contribution in [-0.4, -0.2) is 42.2 Å². The summed E-state index contributed by atoms with van der Waals surface area (Å²) in [7, 11) is 0. The molecule has 2 aliphatic rings. The van der Waals surface area contributed by atoms with Gasteiger partial charge in [-0.3, -0.25) is 4.79 Å². The molecular weight excluding hydrogens is 390 g/mol. The van der Waals surface area contributed by atoms with Crippen molar-refractivity contribution in [2.75, 3.05) is 41.8 Å². The van der Waals surface area contributed by atoms with Crippen LogP contribution in [-0.2, 0) is 9.53 Å². The molecule has 7 nitrogen and oxygen atoms in total. The van der Waals surface area contributed by atoms with Crippen LogP contribution in [0.5, 0.6) is 0 Å². The molecule has 0 atom stereocenters. The summed E-state index contributed by atoms with van der Waals surface area (Å²) in [5, 5.41) is 6.30. The van der Waals surface area contributed by atoms with Crippen molar-refractivity contribution >= 4 is 29.0 Å². The highest BCUT2D eigenvalue weighted by atomic mass is 16.5. The number of aromatic nitrogens is 2. The number of aryl methyl sites for hydroxylation is 1. The Bertz CT molecular complexity index is 859. The number of nitrogens with zero attached hydrogens (tertiary/aromatic N) is 3. The molecular formula is C24H33N5O2. The van der Waals surface area contributed by atoms with E-state index in [9.17, 15) is 4.79 Å². The Hall–Kier alpha value is -2.67. The summed E-state index contributed by atoms with van der Waals surface area (Å²) in [6.45, 7) is 5.10. The third kappa shape index (κ3) is 6.40. The lowest BCUT2D eigenvalue weighted by Crippen LogP contribution is -2.36. The lowest BCUT2D eigenvalue weighted by Gasteiger charge is -2.28. The van der Waals surface area contributed by atoms with Gasteiger partial charge in [0.05, 0.1) is 13.2 Å². The quantitative estimate of drug-likeness (QED) is 0.674. The van der Waals surface area contributed by atoms with E-state index < -0.39 is 0 Å². The van der Waals surface area contributed by atoms with Crippen molar-refractivity contribution in [1.29, 1.82) is 0 Å². The van der Waals surface area contributed by atoms with Gasteiger partial charge in [0.25, 0.3) is 0 Å². The molecule has 2 heterocycles. The minimum Gasteiger partial charge on any atom is -0.378 e. The maximum absolute atomic E-state index is 12.3. The first-order chi connectivity index (χ1) is 15.2. The van der Waals surface area contributed by atoms with E-state index in [1.807, 2.05) is 37.3 Å². The molecule has 31 heavy (non-hydrogen) atoms. The second kappa shape index (κ2) is 10.6. The Kier molecular flexibility index (Phi) is 7.35. The van der Waals surface area contributed by atoms with Crippen molar-refractivity contribution in [2.24, 2.45) is 5.92 Å². The number of hydrogen-bond donors (Lipinski definition) is 2. The summed E-state index contributed by atoms with van der Waals surface area (Å²) in [5.41, 5.74) is 2.62. The van der Waals surface area contributed by atoms with Gasteiger partial charge >= 0.3 is 0 Å². The summed E-state index contributed by atoms with van der Waals surface area (Å²) in [6.07, 6.45) is 8.15. The van der Waals surface area contributed by atoms with Gasteiger partial charge in [-0.1, -0.05) is 32.1 Å². The summed E-state index contributed by atoms with van der Waals surface area (Å²) in [4.78, 5) is 23.7. The predicted molar refractivity (Wildman–Crippen MR) is 124 cm³/mol. The highest BCUT2D eigenvalue weighted by molar-refractivity contribution is 5.90. The molecule has 0 unspecified atom stereocenters. The first-order valence-corrected chi connectivity index (χ1v) is 11.5. The molecule has 1 aromatic heterocycles. The molecule has 7 heteroatoms. The molecule has 1 aromatic carbocycles. The summed E-state index contributed by atoms with van der Waals surface area (Å²) in [6, 6.07) is 9.72. The first-order valence-electron chi connectivity index (χ1n) is 11.5. The molecule has 1 saturated heterocycles. The van der Waals surface area contributed by atoms with Crippen LogP contribution >= 0.6 is 0 Å². The number of nitrogens with one attached hydrogen (secondary N) is 2. The van der Waals surface area contributed by atoms with Crippen LogP contribution in [0.4, 0.5) is 23.1 Å². The van der Waals surface area contributed by atoms with Crippen molar-refractivity contribution < 1.29 is 9.53 Å². The van der Waals surface area contributed by atoms with Gasteiger partial charge in [-0.05, 0) is 43.5 Å². The summed E-state index contributed by atoms with van der Waals surface area (Å²) in [5.74, 6) is 2.32. The standard InChI is InChI=1S/C24H33N5O2/c1-18-17-22(29-13-15-31-16-14-29)28-24(25-18)27-21-10-8-20(9-11-21)26-23(30)12-7-19-5-3-2-4-6-19/h8-11,17,19H,2-7,12-16H2,1H3,(H,26,30)(H,25,27,28). The molecule has 0 radical (unpaired) electrons. The van der Waals surface area contributed by atoms with Gasteiger partial charge in [0.2, 0.25) is 11.9 Å². The second-order valence-electron chi connectivity index (χ2n) is 8.58. The largest absolute Gasteiger partial charge is 0.378 e. The van der Waals surface area contributed by atoms with Gasteiger partial charge in [-0.15, -0.1) is 0 Å². The third-order valence-corrected chi connectivity index (χ3v) is 6.10. The molecule has 1 saturated carbocycles. The topological polar surface area (TPSA) is 79.4 Å². The number of carbonyl (C=O) groups is 1. The molecule has 1 amide bonds. The number of benzene rings is 1. The van der Waals surface area contributed by atoms with E-state index in [0.29, 0.717) is 12.4 Å². The molecule has 2 aromatic rings. The Morgan fingerprint density at radius 2 is 1.77 bits per heavy atom. The normalized spacial score (nSPS) is 17.4. The van der Waals surface area contributed by atoms with E-state index in [1.54, 1.807) is 0 Å². The van der Waals surface area contributed by atoms with Crippen LogP contribution in [0.1, 0.15) is 50.6 Å². The van der Waals surface area contributed by atoms with Crippen molar-refractivity contribution in [3.05, 3.63) is 36.0 Å². The van der Waals surface area contributed by atoms with Gasteiger partial charge in [0, 0.05) is 42.6 Å². The average molecular weight is 424 g/mol. The van der Waals surface area contributed by atoms with E-state index >= 15 is 0 Å². The van der Waals surface area contributed by atoms with Crippen molar-refractivity contribution in [1.82, 2.24) is 9.97 Å². The number of hydrogen-bond acceptors (Lipinski definition) is 6. The Morgan fingerprint density at radius 1 is 1.06 bits per heavy atom. The molecule has 1 aliphatic carbocycles. The number of amides is 1. The second-order valence-corrected chi connectivity index (χ2v) is 8.58. The monoisotopic (exact) mass is 423 g/mol. The van der Waals surface area contributed by atoms with Gasteiger partial charge in [0.1, 0.15) is 5.82 Å². The zero-order valence-corrected chi connectivity index (χ0v) is 18.4. The minimum absolute atomic E-state index is 0.100. The molecule has 2 N–H and O–H groups in total. The highest BCUT2D eigenvalue weighted by Gasteiger charge is 2.16. The SMILES string of the molecule is Cc1cc(N2CCOCC2)nc(Nc2ccc(NC(=O)CCC3CCCCC3)cc2)n1. The first kappa shape index (κ1) is 21.6. The van der Waals surface area contributed by atoms with Crippen molar-refractivity contribution in [3.63, 3.8) is 0 Å². The third-order valence-electron chi connectivity index (χ3n) is 6.10. The van der Waals surface area contributed by atoms with Gasteiger partial charge in [0.15, 0.2) is 0 Å². The number of morpholine rings is 1. The lowest BCUT2D eigenvalue weighted by atomic mass is 9.86. The van der Waals surface area contributed by atoms with Crippen LogP contribution < -0.4 is 15.5 Å². The minimum atomic E-state index is 0.100. The fraction of sp³-hybridized carbons (Fsp3) is 0.542. The Morgan fingerprint density at radius 3 is 2.52 bits per heavy atom. The van der Waals surface area contributed by atoms with Gasteiger partial charge < -0.3 is 20.3 Å². The molecule has 1 aliphatic heterocycles. The van der Waals surface area contributed by atoms with Crippen molar-refractivity contribution in [3.8, 4) is 0 Å². The molecule has 166 valence electrons. The maximum atomic E-state index is 12.3. The van der Waals surface area contributed by atoms with E-state index in [-0.39, 0.29) is 5.91 Å². The zero-order chi connectivity index (χ0) is 21.5. The van der Waals surface area contributed by atoms with E-state index in [4.69, 9.17) is 4.74 Å². The van der Waals surface area contributed by atoms with Crippen molar-refractivity contribution in [2.45, 2.75) is 51.9 Å². The molecule has 0 bridgehead atoms. The fourth-order valence-electron chi connectivity index (χ4n) is 4.36. The fourth-order valence-corrected chi connectivity index (χ4v) is 4.36. The van der Waals surface area contributed by atoms with Crippen LogP contribution in [0.15, 0.2) is 30.3 Å². The molecule has 4 rings (SSSR count). The zero-order valence-electron chi connectivity index (χ0n) is 18.4. The molecule has 2 fully saturated rings. The molecule has 0 spiro atoms. The van der Waals surface area contributed by atoms with Crippen LogP contribution in [0.25, 0.3) is 0 Å². The summed E-state index contributed by atoms with van der Waals surface area (Å²) >= 11 is 0. The Balaban J connectivity index is 1.31. The van der Waals surface area contributed by atoms with E-state index in [2.05, 4.69) is 25.5 Å². The summed E-state index contributed by atoms with van der Waals surface area (Å²) < 4.78 is 5.43. The number of rotatable bonds is 7. The number of ether oxygens (including phenoxy) is 1. The smallest absolute Gasteiger partial charge is 0.229 e. The predicted octanol–water partition coefficient (Wildman–Crippen LogP) is 4.66.